The second-order valence-electron chi connectivity index (χ2n) is 5.71. The van der Waals surface area contributed by atoms with Gasteiger partial charge in [-0.15, -0.1) is 0 Å². The molecule has 0 bridgehead atoms. The molecule has 1 aromatic carbocycles. The smallest absolute Gasteiger partial charge is 0.314 e. The van der Waals surface area contributed by atoms with E-state index in [0.717, 1.165) is 23.5 Å². The molecule has 1 aromatic rings. The summed E-state index contributed by atoms with van der Waals surface area (Å²) >= 11 is 1.91. The fourth-order valence-corrected chi connectivity index (χ4v) is 3.83. The molecule has 2 fully saturated rings. The Labute approximate surface area is 128 Å². The Kier molecular flexibility index (Phi) is 4.02. The van der Waals surface area contributed by atoms with Gasteiger partial charge in [-0.05, 0) is 49.1 Å². The van der Waals surface area contributed by atoms with E-state index in [9.17, 15) is 9.90 Å². The maximum atomic E-state index is 11.4. The number of rotatable bonds is 5. The predicted molar refractivity (Wildman–Crippen MR) is 82.5 cm³/mol. The van der Waals surface area contributed by atoms with Gasteiger partial charge in [0, 0.05) is 5.75 Å². The van der Waals surface area contributed by atoms with Gasteiger partial charge in [-0.25, -0.2) is 0 Å². The van der Waals surface area contributed by atoms with Crippen molar-refractivity contribution in [3.63, 3.8) is 0 Å². The third-order valence-corrected chi connectivity index (χ3v) is 5.47. The summed E-state index contributed by atoms with van der Waals surface area (Å²) in [5.41, 5.74) is 0.115. The van der Waals surface area contributed by atoms with E-state index in [1.807, 2.05) is 30.0 Å². The van der Waals surface area contributed by atoms with Crippen LogP contribution in [0.1, 0.15) is 31.2 Å². The highest BCUT2D eigenvalue weighted by molar-refractivity contribution is 7.99. The highest BCUT2D eigenvalue weighted by Crippen LogP contribution is 2.50. The Morgan fingerprint density at radius 1 is 1.38 bits per heavy atom. The van der Waals surface area contributed by atoms with Crippen LogP contribution >= 0.6 is 11.8 Å². The minimum atomic E-state index is -0.748. The zero-order valence-electron chi connectivity index (χ0n) is 12.1. The Bertz CT molecular complexity index is 533. The number of benzene rings is 1. The number of methoxy groups -OCH3 is 1. The Morgan fingerprint density at radius 3 is 2.76 bits per heavy atom. The summed E-state index contributed by atoms with van der Waals surface area (Å²) in [7, 11) is 1.60. The fourth-order valence-electron chi connectivity index (χ4n) is 2.80. The number of aliphatic carboxylic acids is 1. The molecule has 21 heavy (non-hydrogen) atoms. The molecular weight excluding hydrogens is 288 g/mol. The average molecular weight is 308 g/mol. The van der Waals surface area contributed by atoms with Crippen molar-refractivity contribution in [2.24, 2.45) is 0 Å². The molecule has 0 amide bonds. The summed E-state index contributed by atoms with van der Waals surface area (Å²) in [5.74, 6) is 2.81. The number of carbonyl (C=O) groups is 1. The molecule has 3 rings (SSSR count). The van der Waals surface area contributed by atoms with Crippen LogP contribution in [-0.4, -0.2) is 35.8 Å². The summed E-state index contributed by atoms with van der Waals surface area (Å²) in [6.45, 7) is 0. The Balaban J connectivity index is 1.80. The van der Waals surface area contributed by atoms with Gasteiger partial charge in [-0.1, -0.05) is 6.07 Å². The van der Waals surface area contributed by atoms with Crippen molar-refractivity contribution in [2.75, 3.05) is 18.6 Å². The van der Waals surface area contributed by atoms with Gasteiger partial charge in [0.15, 0.2) is 11.5 Å². The molecule has 1 N–H and O–H groups in total. The first-order valence-electron chi connectivity index (χ1n) is 7.32. The summed E-state index contributed by atoms with van der Waals surface area (Å²) < 4.78 is 11.4. The van der Waals surface area contributed by atoms with Crippen LogP contribution in [0.5, 0.6) is 11.5 Å². The van der Waals surface area contributed by atoms with E-state index in [-0.39, 0.29) is 6.10 Å². The maximum absolute atomic E-state index is 11.4. The SMILES string of the molecule is COc1cc(C2(C(=O)O)CC2)ccc1OC1CCCSC1. The van der Waals surface area contributed by atoms with Crippen molar-refractivity contribution in [2.45, 2.75) is 37.2 Å². The third-order valence-electron chi connectivity index (χ3n) is 4.29. The van der Waals surface area contributed by atoms with Gasteiger partial charge < -0.3 is 14.6 Å². The number of carboxylic acid groups (broad SMARTS) is 1. The number of thioether (sulfide) groups is 1. The molecule has 4 nitrogen and oxygen atoms in total. The predicted octanol–water partition coefficient (Wildman–Crippen LogP) is 3.09. The first kappa shape index (κ1) is 14.6. The second kappa shape index (κ2) is 5.79. The molecule has 0 spiro atoms. The van der Waals surface area contributed by atoms with E-state index in [2.05, 4.69) is 0 Å². The monoisotopic (exact) mass is 308 g/mol. The van der Waals surface area contributed by atoms with Crippen LogP contribution in [0.15, 0.2) is 18.2 Å². The van der Waals surface area contributed by atoms with Gasteiger partial charge >= 0.3 is 5.97 Å². The van der Waals surface area contributed by atoms with Gasteiger partial charge in [0.2, 0.25) is 0 Å². The van der Waals surface area contributed by atoms with Gasteiger partial charge in [0.05, 0.1) is 12.5 Å². The molecule has 1 saturated carbocycles. The lowest BCUT2D eigenvalue weighted by Crippen LogP contribution is -2.24. The van der Waals surface area contributed by atoms with Crippen molar-refractivity contribution in [3.8, 4) is 11.5 Å². The van der Waals surface area contributed by atoms with E-state index >= 15 is 0 Å². The Hall–Kier alpha value is -1.36. The van der Waals surface area contributed by atoms with Crippen molar-refractivity contribution in [1.82, 2.24) is 0 Å². The van der Waals surface area contributed by atoms with Crippen molar-refractivity contribution < 1.29 is 19.4 Å². The third kappa shape index (κ3) is 2.84. The zero-order chi connectivity index (χ0) is 14.9. The molecule has 1 heterocycles. The number of hydrogen-bond acceptors (Lipinski definition) is 4. The highest BCUT2D eigenvalue weighted by atomic mass is 32.2. The van der Waals surface area contributed by atoms with E-state index in [0.29, 0.717) is 18.6 Å². The molecule has 1 unspecified atom stereocenters. The maximum Gasteiger partial charge on any atom is 0.314 e. The molecule has 114 valence electrons. The standard InChI is InChI=1S/C16H20O4S/c1-19-14-9-11(16(6-7-16)15(17)18)4-5-13(14)20-12-3-2-8-21-10-12/h4-5,9,12H,2-3,6-8,10H2,1H3,(H,17,18). The lowest BCUT2D eigenvalue weighted by Gasteiger charge is -2.24. The highest BCUT2D eigenvalue weighted by Gasteiger charge is 2.52. The van der Waals surface area contributed by atoms with Gasteiger partial charge in [-0.2, -0.15) is 11.8 Å². The minimum Gasteiger partial charge on any atom is -0.493 e. The summed E-state index contributed by atoms with van der Waals surface area (Å²) in [6, 6.07) is 5.55. The normalized spacial score (nSPS) is 23.4. The van der Waals surface area contributed by atoms with Crippen LogP contribution in [0.4, 0.5) is 0 Å². The Morgan fingerprint density at radius 2 is 2.19 bits per heavy atom. The van der Waals surface area contributed by atoms with Crippen molar-refractivity contribution >= 4 is 17.7 Å². The largest absolute Gasteiger partial charge is 0.493 e. The molecule has 1 aliphatic carbocycles. The summed E-state index contributed by atoms with van der Waals surface area (Å²) in [6.07, 6.45) is 3.86. The van der Waals surface area contributed by atoms with Gasteiger partial charge in [0.1, 0.15) is 6.10 Å². The topological polar surface area (TPSA) is 55.8 Å². The average Bonchev–Trinajstić information content (AvgIpc) is 3.30. The summed E-state index contributed by atoms with van der Waals surface area (Å²) in [4.78, 5) is 11.4. The molecule has 1 atom stereocenters. The van der Waals surface area contributed by atoms with Crippen molar-refractivity contribution in [3.05, 3.63) is 23.8 Å². The molecule has 2 aliphatic rings. The number of hydrogen-bond donors (Lipinski definition) is 1. The van der Waals surface area contributed by atoms with E-state index in [4.69, 9.17) is 9.47 Å². The minimum absolute atomic E-state index is 0.220. The zero-order valence-corrected chi connectivity index (χ0v) is 12.9. The molecule has 1 saturated heterocycles. The van der Waals surface area contributed by atoms with Crippen LogP contribution in [-0.2, 0) is 10.2 Å². The molecule has 0 aromatic heterocycles. The van der Waals surface area contributed by atoms with E-state index in [1.165, 1.54) is 12.2 Å². The van der Waals surface area contributed by atoms with Crippen LogP contribution in [0, 0.1) is 0 Å². The molecule has 5 heteroatoms. The van der Waals surface area contributed by atoms with Crippen LogP contribution < -0.4 is 9.47 Å². The van der Waals surface area contributed by atoms with Crippen molar-refractivity contribution in [1.29, 1.82) is 0 Å². The first-order chi connectivity index (χ1) is 10.2. The molecular formula is C16H20O4S. The second-order valence-corrected chi connectivity index (χ2v) is 6.86. The van der Waals surface area contributed by atoms with E-state index < -0.39 is 11.4 Å². The quantitative estimate of drug-likeness (QED) is 0.906. The van der Waals surface area contributed by atoms with Crippen LogP contribution in [0.3, 0.4) is 0 Å². The van der Waals surface area contributed by atoms with Gasteiger partial charge in [0.25, 0.3) is 0 Å². The first-order valence-corrected chi connectivity index (χ1v) is 8.47. The van der Waals surface area contributed by atoms with E-state index in [1.54, 1.807) is 7.11 Å². The number of carboxylic acids is 1. The lowest BCUT2D eigenvalue weighted by molar-refractivity contribution is -0.140. The van der Waals surface area contributed by atoms with Crippen LogP contribution in [0.25, 0.3) is 0 Å². The fraction of sp³-hybridized carbons (Fsp3) is 0.562. The molecule has 0 radical (unpaired) electrons. The molecule has 1 aliphatic heterocycles. The number of ether oxygens (including phenoxy) is 2. The van der Waals surface area contributed by atoms with Gasteiger partial charge in [-0.3, -0.25) is 4.79 Å². The lowest BCUT2D eigenvalue weighted by atomic mass is 9.96. The van der Waals surface area contributed by atoms with Crippen LogP contribution in [0.2, 0.25) is 0 Å². The summed E-state index contributed by atoms with van der Waals surface area (Å²) in [5, 5.41) is 9.38.